The van der Waals surface area contributed by atoms with Crippen LogP contribution in [0.15, 0.2) is 91.1 Å². The normalized spacial score (nSPS) is 14.7. The van der Waals surface area contributed by atoms with Gasteiger partial charge in [0.1, 0.15) is 34.1 Å². The summed E-state index contributed by atoms with van der Waals surface area (Å²) >= 11 is 0. The number of para-hydroxylation sites is 1. The van der Waals surface area contributed by atoms with Crippen molar-refractivity contribution in [3.05, 3.63) is 96.7 Å². The van der Waals surface area contributed by atoms with Gasteiger partial charge < -0.3 is 24.4 Å². The van der Waals surface area contributed by atoms with Crippen LogP contribution in [0.2, 0.25) is 0 Å². The fourth-order valence-corrected chi connectivity index (χ4v) is 4.95. The topological polar surface area (TPSA) is 90.7 Å². The third kappa shape index (κ3) is 5.94. The second-order valence-corrected chi connectivity index (χ2v) is 9.95. The molecule has 1 amide bonds. The van der Waals surface area contributed by atoms with Crippen molar-refractivity contribution in [2.75, 3.05) is 25.5 Å². The molecule has 0 bridgehead atoms. The molecular weight excluding hydrogens is 518 g/mol. The largest absolute Gasteiger partial charge is 0.497 e. The molecule has 9 heteroatoms. The van der Waals surface area contributed by atoms with Crippen molar-refractivity contribution >= 4 is 22.8 Å². The number of anilines is 1. The molecule has 208 valence electrons. The molecule has 3 heterocycles. The number of rotatable bonds is 9. The second kappa shape index (κ2) is 11.6. The van der Waals surface area contributed by atoms with Gasteiger partial charge in [0.15, 0.2) is 11.5 Å². The maximum absolute atomic E-state index is 11.9. The fourth-order valence-electron chi connectivity index (χ4n) is 4.95. The highest BCUT2D eigenvalue weighted by Gasteiger charge is 2.27. The highest BCUT2D eigenvalue weighted by Crippen LogP contribution is 2.36. The molecule has 0 spiro atoms. The molecule has 1 atom stereocenters. The van der Waals surface area contributed by atoms with Gasteiger partial charge in [-0.25, -0.2) is 9.67 Å². The number of carbonyl (C=O) groups excluding carboxylic acids is 1. The number of ether oxygens (including phenoxy) is 3. The monoisotopic (exact) mass is 549 g/mol. The number of methoxy groups -OCH3 is 1. The number of benzene rings is 3. The number of pyridine rings is 1. The minimum absolute atomic E-state index is 0.0777. The van der Waals surface area contributed by atoms with Gasteiger partial charge in [-0.15, -0.1) is 0 Å². The van der Waals surface area contributed by atoms with E-state index in [1.165, 1.54) is 0 Å². The zero-order chi connectivity index (χ0) is 28.2. The number of nitrogens with one attached hydrogen (secondary N) is 1. The second-order valence-electron chi connectivity index (χ2n) is 9.95. The van der Waals surface area contributed by atoms with Crippen LogP contribution in [-0.4, -0.2) is 51.8 Å². The Labute approximate surface area is 238 Å². The Morgan fingerprint density at radius 1 is 0.902 bits per heavy atom. The lowest BCUT2D eigenvalue weighted by atomic mass is 10.2. The lowest BCUT2D eigenvalue weighted by Gasteiger charge is -2.15. The van der Waals surface area contributed by atoms with Gasteiger partial charge in [0.25, 0.3) is 0 Å². The zero-order valence-corrected chi connectivity index (χ0v) is 23.0. The molecule has 9 nitrogen and oxygen atoms in total. The molecule has 1 fully saturated rings. The van der Waals surface area contributed by atoms with Crippen molar-refractivity contribution in [3.8, 4) is 28.7 Å². The SMILES string of the molecule is COc1ccc(Cn2nc(NC3CCN(C(C)=O)C3)c3c(Oc4ccc(Oc5ccccc5)cc4)ccnc32)cc1. The third-order valence-electron chi connectivity index (χ3n) is 7.09. The molecule has 0 saturated carbocycles. The predicted octanol–water partition coefficient (Wildman–Crippen LogP) is 6.11. The van der Waals surface area contributed by atoms with E-state index in [0.717, 1.165) is 35.4 Å². The number of hydrogen-bond donors (Lipinski definition) is 1. The van der Waals surface area contributed by atoms with Gasteiger partial charge in [-0.2, -0.15) is 5.10 Å². The summed E-state index contributed by atoms with van der Waals surface area (Å²) in [6.45, 7) is 3.47. The summed E-state index contributed by atoms with van der Waals surface area (Å²) in [5, 5.41) is 9.29. The number of nitrogens with zero attached hydrogens (tertiary/aromatic N) is 4. The lowest BCUT2D eigenvalue weighted by molar-refractivity contribution is -0.127. The first kappa shape index (κ1) is 26.2. The minimum atomic E-state index is 0.0777. The molecule has 0 aliphatic carbocycles. The van der Waals surface area contributed by atoms with Crippen LogP contribution in [0.25, 0.3) is 11.0 Å². The maximum Gasteiger partial charge on any atom is 0.219 e. The third-order valence-corrected chi connectivity index (χ3v) is 7.09. The van der Waals surface area contributed by atoms with Crippen molar-refractivity contribution in [2.24, 2.45) is 0 Å². The van der Waals surface area contributed by atoms with Crippen LogP contribution >= 0.6 is 0 Å². The van der Waals surface area contributed by atoms with E-state index in [4.69, 9.17) is 19.3 Å². The number of fused-ring (bicyclic) bond motifs is 1. The number of amides is 1. The Bertz CT molecular complexity index is 1640. The molecule has 1 aliphatic rings. The van der Waals surface area contributed by atoms with Gasteiger partial charge in [0.05, 0.1) is 13.7 Å². The van der Waals surface area contributed by atoms with Crippen molar-refractivity contribution in [1.29, 1.82) is 0 Å². The molecule has 6 rings (SSSR count). The lowest BCUT2D eigenvalue weighted by Crippen LogP contribution is -2.29. The summed E-state index contributed by atoms with van der Waals surface area (Å²) < 4.78 is 19.5. The molecule has 1 unspecified atom stereocenters. The first-order chi connectivity index (χ1) is 20.1. The van der Waals surface area contributed by atoms with Crippen LogP contribution in [0.3, 0.4) is 0 Å². The average molecular weight is 550 g/mol. The highest BCUT2D eigenvalue weighted by molar-refractivity contribution is 5.93. The smallest absolute Gasteiger partial charge is 0.219 e. The molecule has 1 aliphatic heterocycles. The summed E-state index contributed by atoms with van der Waals surface area (Å²) in [4.78, 5) is 18.5. The highest BCUT2D eigenvalue weighted by atomic mass is 16.5. The van der Waals surface area contributed by atoms with E-state index >= 15 is 0 Å². The summed E-state index contributed by atoms with van der Waals surface area (Å²) in [6.07, 6.45) is 2.57. The van der Waals surface area contributed by atoms with Crippen molar-refractivity contribution in [2.45, 2.75) is 25.9 Å². The Morgan fingerprint density at radius 3 is 2.27 bits per heavy atom. The maximum atomic E-state index is 11.9. The average Bonchev–Trinajstić information content (AvgIpc) is 3.61. The van der Waals surface area contributed by atoms with Crippen molar-refractivity contribution in [1.82, 2.24) is 19.7 Å². The van der Waals surface area contributed by atoms with E-state index in [0.29, 0.717) is 41.8 Å². The van der Waals surface area contributed by atoms with Gasteiger partial charge in [-0.1, -0.05) is 30.3 Å². The summed E-state index contributed by atoms with van der Waals surface area (Å²) in [5.74, 6) is 4.34. The zero-order valence-electron chi connectivity index (χ0n) is 23.0. The summed E-state index contributed by atoms with van der Waals surface area (Å²) in [6, 6.07) is 27.0. The number of likely N-dealkylation sites (tertiary alicyclic amines) is 1. The van der Waals surface area contributed by atoms with Crippen molar-refractivity contribution < 1.29 is 19.0 Å². The van der Waals surface area contributed by atoms with E-state index in [-0.39, 0.29) is 11.9 Å². The Kier molecular flexibility index (Phi) is 7.40. The molecular formula is C32H31N5O4. The van der Waals surface area contributed by atoms with E-state index < -0.39 is 0 Å². The fraction of sp³-hybridized carbons (Fsp3) is 0.219. The van der Waals surface area contributed by atoms with Crippen LogP contribution < -0.4 is 19.5 Å². The van der Waals surface area contributed by atoms with Crippen LogP contribution in [0.4, 0.5) is 5.82 Å². The first-order valence-corrected chi connectivity index (χ1v) is 13.6. The minimum Gasteiger partial charge on any atom is -0.497 e. The van der Waals surface area contributed by atoms with Gasteiger partial charge in [0, 0.05) is 38.3 Å². The molecule has 2 aromatic heterocycles. The Balaban J connectivity index is 1.30. The number of hydrogen-bond acceptors (Lipinski definition) is 7. The standard InChI is InChI=1S/C32H31N5O4/c1-22(38)36-19-17-24(21-36)34-31-30-29(41-28-14-12-27(13-15-28)40-26-6-4-3-5-7-26)16-18-33-32(30)37(35-31)20-23-8-10-25(39-2)11-9-23/h3-16,18,24H,17,19-21H2,1-2H3,(H,34,35). The van der Waals surface area contributed by atoms with Gasteiger partial charge >= 0.3 is 0 Å². The van der Waals surface area contributed by atoms with Crippen molar-refractivity contribution in [3.63, 3.8) is 0 Å². The van der Waals surface area contributed by atoms with Crippen LogP contribution in [0.5, 0.6) is 28.7 Å². The molecule has 3 aromatic carbocycles. The molecule has 1 saturated heterocycles. The Hall–Kier alpha value is -5.05. The first-order valence-electron chi connectivity index (χ1n) is 13.6. The molecule has 41 heavy (non-hydrogen) atoms. The number of aromatic nitrogens is 3. The summed E-state index contributed by atoms with van der Waals surface area (Å²) in [5.41, 5.74) is 1.76. The van der Waals surface area contributed by atoms with Crippen LogP contribution in [-0.2, 0) is 11.3 Å². The van der Waals surface area contributed by atoms with E-state index in [9.17, 15) is 4.79 Å². The van der Waals surface area contributed by atoms with Gasteiger partial charge in [-0.05, 0) is 60.5 Å². The van der Waals surface area contributed by atoms with Crippen LogP contribution in [0.1, 0.15) is 18.9 Å². The van der Waals surface area contributed by atoms with Gasteiger partial charge in [0.2, 0.25) is 5.91 Å². The Morgan fingerprint density at radius 2 is 1.59 bits per heavy atom. The molecule has 1 N–H and O–H groups in total. The van der Waals surface area contributed by atoms with E-state index in [2.05, 4.69) is 10.3 Å². The number of carbonyl (C=O) groups is 1. The van der Waals surface area contributed by atoms with E-state index in [1.54, 1.807) is 20.2 Å². The van der Waals surface area contributed by atoms with Crippen LogP contribution in [0, 0.1) is 0 Å². The molecule has 0 radical (unpaired) electrons. The van der Waals surface area contributed by atoms with E-state index in [1.807, 2.05) is 94.5 Å². The predicted molar refractivity (Wildman–Crippen MR) is 157 cm³/mol. The quantitative estimate of drug-likeness (QED) is 0.237. The van der Waals surface area contributed by atoms with Gasteiger partial charge in [-0.3, -0.25) is 4.79 Å². The summed E-state index contributed by atoms with van der Waals surface area (Å²) in [7, 11) is 1.65. The molecule has 5 aromatic rings.